The molecule has 7 heteroatoms. The quantitative estimate of drug-likeness (QED) is 0.625. The molecule has 28 heavy (non-hydrogen) atoms. The van der Waals surface area contributed by atoms with Crippen molar-refractivity contribution in [2.24, 2.45) is 0 Å². The molecule has 0 bridgehead atoms. The van der Waals surface area contributed by atoms with Gasteiger partial charge in [-0.25, -0.2) is 0 Å². The number of carboxylic acids is 1. The van der Waals surface area contributed by atoms with E-state index in [1.165, 1.54) is 11.8 Å². The maximum atomic E-state index is 12.6. The smallest absolute Gasteiger partial charge is 0.313 e. The van der Waals surface area contributed by atoms with E-state index in [2.05, 4.69) is 10.3 Å². The number of hydrogen-bond acceptors (Lipinski definition) is 5. The molecule has 2 heterocycles. The fourth-order valence-corrected chi connectivity index (χ4v) is 4.44. The number of benzene rings is 1. The lowest BCUT2D eigenvalue weighted by molar-refractivity contribution is -0.133. The van der Waals surface area contributed by atoms with Gasteiger partial charge in [0.1, 0.15) is 0 Å². The van der Waals surface area contributed by atoms with Crippen LogP contribution in [0.1, 0.15) is 33.6 Å². The lowest BCUT2D eigenvalue weighted by atomic mass is 10.1. The number of amides is 1. The summed E-state index contributed by atoms with van der Waals surface area (Å²) in [6, 6.07) is 9.18. The molecule has 1 aromatic carbocycles. The van der Waals surface area contributed by atoms with E-state index in [4.69, 9.17) is 10.1 Å². The summed E-state index contributed by atoms with van der Waals surface area (Å²) in [6.07, 6.45) is 6.25. The van der Waals surface area contributed by atoms with Gasteiger partial charge in [0.25, 0.3) is 5.91 Å². The van der Waals surface area contributed by atoms with Crippen LogP contribution in [-0.2, 0) is 24.2 Å². The zero-order valence-corrected chi connectivity index (χ0v) is 16.0. The van der Waals surface area contributed by atoms with Crippen molar-refractivity contribution in [3.8, 4) is 0 Å². The van der Waals surface area contributed by atoms with E-state index in [1.807, 2.05) is 18.2 Å². The molecule has 0 saturated heterocycles. The Morgan fingerprint density at radius 2 is 2.11 bits per heavy atom. The van der Waals surface area contributed by atoms with Gasteiger partial charge in [-0.15, -0.1) is 11.8 Å². The molecule has 1 aliphatic carbocycles. The van der Waals surface area contributed by atoms with Crippen molar-refractivity contribution < 1.29 is 14.7 Å². The number of aryl methyl sites for hydroxylation is 1. The summed E-state index contributed by atoms with van der Waals surface area (Å²) in [5.41, 5.74) is 4.39. The van der Waals surface area contributed by atoms with Gasteiger partial charge < -0.3 is 10.4 Å². The molecule has 2 aromatic heterocycles. The third kappa shape index (κ3) is 3.84. The largest absolute Gasteiger partial charge is 0.481 e. The van der Waals surface area contributed by atoms with Crippen molar-refractivity contribution in [2.75, 3.05) is 5.75 Å². The first-order valence-corrected chi connectivity index (χ1v) is 10.1. The Balaban J connectivity index is 1.62. The maximum Gasteiger partial charge on any atom is 0.313 e. The molecule has 0 aliphatic heterocycles. The van der Waals surface area contributed by atoms with Gasteiger partial charge in [0, 0.05) is 40.5 Å². The van der Waals surface area contributed by atoms with Crippen molar-refractivity contribution in [3.63, 3.8) is 0 Å². The van der Waals surface area contributed by atoms with Gasteiger partial charge in [0.05, 0.1) is 11.3 Å². The Labute approximate surface area is 166 Å². The standard InChI is InChI=1S/C21H19N3O3S/c25-19(26)12-28-20-15-4-1-5-17(15)24-18-9-14(6-7-16(18)20)21(27)23-11-13-3-2-8-22-10-13/h2-3,6-10H,1,4-5,11-12H2,(H,23,27)(H,25,26). The Bertz CT molecular complexity index is 1050. The highest BCUT2D eigenvalue weighted by Crippen LogP contribution is 2.36. The van der Waals surface area contributed by atoms with Crippen LogP contribution in [0.3, 0.4) is 0 Å². The molecule has 0 atom stereocenters. The van der Waals surface area contributed by atoms with Crippen LogP contribution in [0.15, 0.2) is 47.6 Å². The fourth-order valence-electron chi connectivity index (χ4n) is 3.45. The molecule has 1 amide bonds. The normalized spacial score (nSPS) is 12.7. The van der Waals surface area contributed by atoms with E-state index in [-0.39, 0.29) is 11.7 Å². The molecule has 4 rings (SSSR count). The van der Waals surface area contributed by atoms with Crippen molar-refractivity contribution in [1.82, 2.24) is 15.3 Å². The van der Waals surface area contributed by atoms with Gasteiger partial charge in [-0.1, -0.05) is 12.1 Å². The van der Waals surface area contributed by atoms with Gasteiger partial charge in [0.2, 0.25) is 0 Å². The molecule has 1 aliphatic rings. The number of aliphatic carboxylic acids is 1. The number of carbonyl (C=O) groups excluding carboxylic acids is 1. The zero-order valence-electron chi connectivity index (χ0n) is 15.1. The predicted molar refractivity (Wildman–Crippen MR) is 108 cm³/mol. The third-order valence-electron chi connectivity index (χ3n) is 4.74. The predicted octanol–water partition coefficient (Wildman–Crippen LogP) is 3.23. The Hall–Kier alpha value is -2.93. The minimum absolute atomic E-state index is 0.0128. The van der Waals surface area contributed by atoms with E-state index < -0.39 is 5.97 Å². The Morgan fingerprint density at radius 3 is 2.89 bits per heavy atom. The topological polar surface area (TPSA) is 92.2 Å². The van der Waals surface area contributed by atoms with E-state index in [9.17, 15) is 9.59 Å². The van der Waals surface area contributed by atoms with Crippen molar-refractivity contribution in [2.45, 2.75) is 30.7 Å². The van der Waals surface area contributed by atoms with Gasteiger partial charge in [-0.2, -0.15) is 0 Å². The second-order valence-electron chi connectivity index (χ2n) is 6.68. The van der Waals surface area contributed by atoms with Crippen LogP contribution < -0.4 is 5.32 Å². The van der Waals surface area contributed by atoms with E-state index >= 15 is 0 Å². The minimum Gasteiger partial charge on any atom is -0.481 e. The second kappa shape index (κ2) is 7.98. The van der Waals surface area contributed by atoms with Crippen LogP contribution in [0.25, 0.3) is 10.9 Å². The summed E-state index contributed by atoms with van der Waals surface area (Å²) in [7, 11) is 0. The molecule has 3 aromatic rings. The number of carbonyl (C=O) groups is 2. The van der Waals surface area contributed by atoms with E-state index in [0.29, 0.717) is 12.1 Å². The highest BCUT2D eigenvalue weighted by atomic mass is 32.2. The van der Waals surface area contributed by atoms with Crippen LogP contribution >= 0.6 is 11.8 Å². The van der Waals surface area contributed by atoms with Crippen molar-refractivity contribution >= 4 is 34.5 Å². The van der Waals surface area contributed by atoms with Crippen LogP contribution in [0, 0.1) is 0 Å². The average molecular weight is 393 g/mol. The van der Waals surface area contributed by atoms with E-state index in [1.54, 1.807) is 24.5 Å². The maximum absolute atomic E-state index is 12.6. The van der Waals surface area contributed by atoms with Crippen LogP contribution in [0.4, 0.5) is 0 Å². The summed E-state index contributed by atoms with van der Waals surface area (Å²) in [4.78, 5) is 33.4. The first kappa shape index (κ1) is 18.4. The molecule has 0 spiro atoms. The molecule has 0 radical (unpaired) electrons. The molecule has 0 fully saturated rings. The van der Waals surface area contributed by atoms with E-state index in [0.717, 1.165) is 51.9 Å². The van der Waals surface area contributed by atoms with Gasteiger partial charge in [0.15, 0.2) is 0 Å². The number of fused-ring (bicyclic) bond motifs is 2. The number of thioether (sulfide) groups is 1. The number of carboxylic acid groups (broad SMARTS) is 1. The SMILES string of the molecule is O=C(O)CSc1c2c(nc3cc(C(=O)NCc4cccnc4)ccc13)CCC2. The molecular formula is C21H19N3O3S. The van der Waals surface area contributed by atoms with Gasteiger partial charge >= 0.3 is 5.97 Å². The molecule has 2 N–H and O–H groups in total. The molecule has 0 unspecified atom stereocenters. The first-order chi connectivity index (χ1) is 13.6. The molecule has 6 nitrogen and oxygen atoms in total. The lowest BCUT2D eigenvalue weighted by Crippen LogP contribution is -2.22. The monoisotopic (exact) mass is 393 g/mol. The number of nitrogens with one attached hydrogen (secondary N) is 1. The summed E-state index contributed by atoms with van der Waals surface area (Å²) in [5, 5.41) is 12.9. The van der Waals surface area contributed by atoms with Crippen LogP contribution in [0.5, 0.6) is 0 Å². The molecule has 142 valence electrons. The Morgan fingerprint density at radius 1 is 1.21 bits per heavy atom. The highest BCUT2D eigenvalue weighted by molar-refractivity contribution is 8.00. The summed E-state index contributed by atoms with van der Waals surface area (Å²) in [5.74, 6) is -1.00. The van der Waals surface area contributed by atoms with Gasteiger partial charge in [-0.3, -0.25) is 19.6 Å². The van der Waals surface area contributed by atoms with Crippen molar-refractivity contribution in [1.29, 1.82) is 0 Å². The zero-order chi connectivity index (χ0) is 19.5. The summed E-state index contributed by atoms with van der Waals surface area (Å²) in [6.45, 7) is 0.405. The minimum atomic E-state index is -0.840. The number of aromatic nitrogens is 2. The fraction of sp³-hybridized carbons (Fsp3) is 0.238. The highest BCUT2D eigenvalue weighted by Gasteiger charge is 2.21. The number of pyridine rings is 2. The molecule has 0 saturated carbocycles. The first-order valence-electron chi connectivity index (χ1n) is 9.09. The van der Waals surface area contributed by atoms with Gasteiger partial charge in [-0.05, 0) is 48.6 Å². The average Bonchev–Trinajstić information content (AvgIpc) is 3.17. The number of nitrogens with zero attached hydrogens (tertiary/aromatic N) is 2. The molecular weight excluding hydrogens is 374 g/mol. The summed E-state index contributed by atoms with van der Waals surface area (Å²) >= 11 is 1.34. The van der Waals surface area contributed by atoms with Crippen LogP contribution in [0.2, 0.25) is 0 Å². The van der Waals surface area contributed by atoms with Crippen molar-refractivity contribution in [3.05, 3.63) is 65.1 Å². The van der Waals surface area contributed by atoms with Crippen LogP contribution in [-0.4, -0.2) is 32.7 Å². The lowest BCUT2D eigenvalue weighted by Gasteiger charge is -2.12. The summed E-state index contributed by atoms with van der Waals surface area (Å²) < 4.78 is 0. The number of rotatable bonds is 6. The number of hydrogen-bond donors (Lipinski definition) is 2. The Kier molecular flexibility index (Phi) is 5.25. The second-order valence-corrected chi connectivity index (χ2v) is 7.66. The third-order valence-corrected chi connectivity index (χ3v) is 5.88.